The molecule has 1 N–H and O–H groups in total. The maximum Gasteiger partial charge on any atom is 0.339 e. The molecule has 100 valence electrons. The Bertz CT molecular complexity index is 641. The Morgan fingerprint density at radius 3 is 3.11 bits per heavy atom. The Morgan fingerprint density at radius 1 is 1.42 bits per heavy atom. The smallest absolute Gasteiger partial charge is 0.339 e. The van der Waals surface area contributed by atoms with Crippen LogP contribution in [0, 0.1) is 6.92 Å². The summed E-state index contributed by atoms with van der Waals surface area (Å²) in [4.78, 5) is 11.5. The molecule has 3 rings (SSSR count). The van der Waals surface area contributed by atoms with Gasteiger partial charge in [-0.2, -0.15) is 0 Å². The zero-order chi connectivity index (χ0) is 13.2. The van der Waals surface area contributed by atoms with E-state index in [-0.39, 0.29) is 5.63 Å². The van der Waals surface area contributed by atoms with Crippen molar-refractivity contribution in [2.45, 2.75) is 25.8 Å². The minimum absolute atomic E-state index is 0.370. The summed E-state index contributed by atoms with van der Waals surface area (Å²) in [5.74, 6) is 0.614. The predicted octanol–water partition coefficient (Wildman–Crippen LogP) is 2.23. The molecule has 0 unspecified atom stereocenters. The van der Waals surface area contributed by atoms with E-state index in [1.807, 2.05) is 25.1 Å². The number of fused-ring (bicyclic) bond motifs is 1. The van der Waals surface area contributed by atoms with Crippen LogP contribution in [-0.4, -0.2) is 19.2 Å². The summed E-state index contributed by atoms with van der Waals surface area (Å²) >= 11 is 0. The van der Waals surface area contributed by atoms with Gasteiger partial charge >= 0.3 is 5.63 Å². The number of hydrogen-bond donors (Lipinski definition) is 1. The number of ether oxygens (including phenoxy) is 1. The molecule has 0 aliphatic carbocycles. The molecule has 0 amide bonds. The maximum absolute atomic E-state index is 11.5. The van der Waals surface area contributed by atoms with Crippen molar-refractivity contribution in [3.05, 3.63) is 40.2 Å². The van der Waals surface area contributed by atoms with Gasteiger partial charge in [0.2, 0.25) is 0 Å². The summed E-state index contributed by atoms with van der Waals surface area (Å²) in [7, 11) is 0. The number of hydrogen-bond acceptors (Lipinski definition) is 4. The fourth-order valence-electron chi connectivity index (χ4n) is 2.46. The fraction of sp³-hybridized carbons (Fsp3) is 0.400. The monoisotopic (exact) mass is 259 g/mol. The van der Waals surface area contributed by atoms with E-state index >= 15 is 0 Å². The molecule has 4 nitrogen and oxygen atoms in total. The van der Waals surface area contributed by atoms with Crippen LogP contribution in [0.1, 0.15) is 18.4 Å². The van der Waals surface area contributed by atoms with E-state index in [4.69, 9.17) is 9.15 Å². The first-order chi connectivity index (χ1) is 9.22. The highest BCUT2D eigenvalue weighted by molar-refractivity contribution is 5.83. The number of rotatable bonds is 3. The molecule has 1 saturated heterocycles. The molecular weight excluding hydrogens is 242 g/mol. The van der Waals surface area contributed by atoms with E-state index < -0.39 is 0 Å². The standard InChI is InChI=1S/C15H17NO3/c1-10-4-5-13-12(7-10)14(8-15(17)19-13)18-9-11-3-2-6-16-11/h4-5,7-8,11,16H,2-3,6,9H2,1H3/t11-/m1/s1. The normalized spacial score (nSPS) is 18.9. The minimum Gasteiger partial charge on any atom is -0.491 e. The van der Waals surface area contributed by atoms with Crippen LogP contribution < -0.4 is 15.7 Å². The Balaban J connectivity index is 1.92. The van der Waals surface area contributed by atoms with Gasteiger partial charge in [0, 0.05) is 6.04 Å². The lowest BCUT2D eigenvalue weighted by Gasteiger charge is -2.13. The zero-order valence-corrected chi connectivity index (χ0v) is 10.9. The first-order valence-electron chi connectivity index (χ1n) is 6.63. The highest BCUT2D eigenvalue weighted by Gasteiger charge is 2.15. The van der Waals surface area contributed by atoms with Crippen molar-refractivity contribution in [3.63, 3.8) is 0 Å². The number of aryl methyl sites for hydroxylation is 1. The summed E-state index contributed by atoms with van der Waals surface area (Å²) in [5.41, 5.74) is 1.32. The summed E-state index contributed by atoms with van der Waals surface area (Å²) in [5, 5.41) is 4.23. The molecule has 1 aliphatic heterocycles. The quantitative estimate of drug-likeness (QED) is 0.859. The molecule has 4 heteroatoms. The average Bonchev–Trinajstić information content (AvgIpc) is 2.89. The van der Waals surface area contributed by atoms with Gasteiger partial charge in [-0.05, 0) is 38.4 Å². The van der Waals surface area contributed by atoms with Crippen molar-refractivity contribution in [3.8, 4) is 5.75 Å². The second kappa shape index (κ2) is 5.05. The van der Waals surface area contributed by atoms with Gasteiger partial charge in [-0.3, -0.25) is 0 Å². The van der Waals surface area contributed by atoms with Crippen LogP contribution in [-0.2, 0) is 0 Å². The molecule has 1 aromatic carbocycles. The predicted molar refractivity (Wildman–Crippen MR) is 73.7 cm³/mol. The second-order valence-corrected chi connectivity index (χ2v) is 5.03. The topological polar surface area (TPSA) is 51.5 Å². The van der Waals surface area contributed by atoms with Crippen LogP contribution >= 0.6 is 0 Å². The van der Waals surface area contributed by atoms with Gasteiger partial charge in [0.05, 0.1) is 11.5 Å². The van der Waals surface area contributed by atoms with E-state index in [0.717, 1.165) is 23.9 Å². The van der Waals surface area contributed by atoms with Gasteiger partial charge in [0.25, 0.3) is 0 Å². The molecule has 1 aromatic heterocycles. The summed E-state index contributed by atoms with van der Waals surface area (Å²) in [6.07, 6.45) is 2.31. The molecule has 19 heavy (non-hydrogen) atoms. The SMILES string of the molecule is Cc1ccc2oc(=O)cc(OC[C@H]3CCCN3)c2c1. The van der Waals surface area contributed by atoms with Crippen molar-refractivity contribution in [1.82, 2.24) is 5.32 Å². The third-order valence-corrected chi connectivity index (χ3v) is 3.46. The van der Waals surface area contributed by atoms with Gasteiger partial charge in [0.1, 0.15) is 17.9 Å². The number of benzene rings is 1. The van der Waals surface area contributed by atoms with Crippen LogP contribution in [0.3, 0.4) is 0 Å². The molecule has 1 fully saturated rings. The van der Waals surface area contributed by atoms with Crippen LogP contribution in [0.25, 0.3) is 11.0 Å². The molecule has 2 heterocycles. The lowest BCUT2D eigenvalue weighted by atomic mass is 10.1. The largest absolute Gasteiger partial charge is 0.491 e. The first-order valence-corrected chi connectivity index (χ1v) is 6.63. The van der Waals surface area contributed by atoms with E-state index in [9.17, 15) is 4.79 Å². The van der Waals surface area contributed by atoms with Gasteiger partial charge in [0.15, 0.2) is 0 Å². The van der Waals surface area contributed by atoms with Crippen molar-refractivity contribution in [1.29, 1.82) is 0 Å². The van der Waals surface area contributed by atoms with Gasteiger partial charge in [-0.25, -0.2) is 4.79 Å². The van der Waals surface area contributed by atoms with Crippen LogP contribution in [0.2, 0.25) is 0 Å². The van der Waals surface area contributed by atoms with Crippen LogP contribution in [0.4, 0.5) is 0 Å². The molecule has 0 saturated carbocycles. The van der Waals surface area contributed by atoms with E-state index in [1.54, 1.807) is 0 Å². The van der Waals surface area contributed by atoms with Gasteiger partial charge in [-0.15, -0.1) is 0 Å². The molecule has 2 aromatic rings. The van der Waals surface area contributed by atoms with E-state index in [2.05, 4.69) is 5.32 Å². The first kappa shape index (κ1) is 12.2. The molecule has 0 spiro atoms. The highest BCUT2D eigenvalue weighted by atomic mass is 16.5. The van der Waals surface area contributed by atoms with Crippen molar-refractivity contribution in [2.75, 3.05) is 13.2 Å². The Kier molecular flexibility index (Phi) is 3.25. The third-order valence-electron chi connectivity index (χ3n) is 3.46. The summed E-state index contributed by atoms with van der Waals surface area (Å²) < 4.78 is 11.0. The number of nitrogens with one attached hydrogen (secondary N) is 1. The Morgan fingerprint density at radius 2 is 2.32 bits per heavy atom. The summed E-state index contributed by atoms with van der Waals surface area (Å²) in [6, 6.07) is 7.53. The van der Waals surface area contributed by atoms with Crippen LogP contribution in [0.5, 0.6) is 5.75 Å². The molecule has 1 aliphatic rings. The highest BCUT2D eigenvalue weighted by Crippen LogP contribution is 2.25. The Labute approximate surface area is 111 Å². The maximum atomic E-state index is 11.5. The van der Waals surface area contributed by atoms with Gasteiger partial charge < -0.3 is 14.5 Å². The summed E-state index contributed by atoms with van der Waals surface area (Å²) in [6.45, 7) is 3.64. The van der Waals surface area contributed by atoms with Crippen molar-refractivity contribution in [2.24, 2.45) is 0 Å². The van der Waals surface area contributed by atoms with E-state index in [0.29, 0.717) is 24.0 Å². The molecule has 0 bridgehead atoms. The lowest BCUT2D eigenvalue weighted by Crippen LogP contribution is -2.28. The Hall–Kier alpha value is -1.81. The zero-order valence-electron chi connectivity index (χ0n) is 10.9. The van der Waals surface area contributed by atoms with Gasteiger partial charge in [-0.1, -0.05) is 11.6 Å². The lowest BCUT2D eigenvalue weighted by molar-refractivity contribution is 0.278. The molecular formula is C15H17NO3. The molecule has 0 radical (unpaired) electrons. The molecule has 1 atom stereocenters. The third kappa shape index (κ3) is 2.63. The average molecular weight is 259 g/mol. The second-order valence-electron chi connectivity index (χ2n) is 5.03. The fourth-order valence-corrected chi connectivity index (χ4v) is 2.46. The minimum atomic E-state index is -0.370. The van der Waals surface area contributed by atoms with Crippen molar-refractivity contribution < 1.29 is 9.15 Å². The van der Waals surface area contributed by atoms with Crippen LogP contribution in [0.15, 0.2) is 33.5 Å². The van der Waals surface area contributed by atoms with E-state index in [1.165, 1.54) is 12.5 Å². The van der Waals surface area contributed by atoms with Crippen molar-refractivity contribution >= 4 is 11.0 Å².